The lowest BCUT2D eigenvalue weighted by Crippen LogP contribution is -2.28. The molecule has 0 unspecified atom stereocenters. The SMILES string of the molecule is C=C(NCCC)C1CCC(CN(C)C)CC1. The summed E-state index contributed by atoms with van der Waals surface area (Å²) in [6.45, 7) is 8.71. The van der Waals surface area contributed by atoms with Crippen LogP contribution in [0.3, 0.4) is 0 Å². The van der Waals surface area contributed by atoms with E-state index in [9.17, 15) is 0 Å². The summed E-state index contributed by atoms with van der Waals surface area (Å²) in [6.07, 6.45) is 6.59. The van der Waals surface area contributed by atoms with Crippen molar-refractivity contribution in [2.45, 2.75) is 39.0 Å². The van der Waals surface area contributed by atoms with E-state index in [4.69, 9.17) is 0 Å². The zero-order valence-electron chi connectivity index (χ0n) is 11.3. The molecule has 0 heterocycles. The van der Waals surface area contributed by atoms with Crippen molar-refractivity contribution in [3.63, 3.8) is 0 Å². The highest BCUT2D eigenvalue weighted by Crippen LogP contribution is 2.31. The zero-order chi connectivity index (χ0) is 12.0. The Kier molecular flexibility index (Phi) is 5.89. The van der Waals surface area contributed by atoms with Gasteiger partial charge in [0.1, 0.15) is 0 Å². The van der Waals surface area contributed by atoms with Crippen molar-refractivity contribution in [3.05, 3.63) is 12.3 Å². The summed E-state index contributed by atoms with van der Waals surface area (Å²) >= 11 is 0. The first-order valence-electron chi connectivity index (χ1n) is 6.70. The molecular weight excluding hydrogens is 196 g/mol. The quantitative estimate of drug-likeness (QED) is 0.746. The van der Waals surface area contributed by atoms with Gasteiger partial charge < -0.3 is 10.2 Å². The van der Waals surface area contributed by atoms with Crippen LogP contribution in [0.5, 0.6) is 0 Å². The maximum atomic E-state index is 4.18. The molecule has 0 atom stereocenters. The van der Waals surface area contributed by atoms with Crippen LogP contribution in [0.25, 0.3) is 0 Å². The normalized spacial score (nSPS) is 25.8. The predicted octanol–water partition coefficient (Wildman–Crippen LogP) is 2.87. The molecule has 0 bridgehead atoms. The van der Waals surface area contributed by atoms with Crippen LogP contribution in [-0.2, 0) is 0 Å². The maximum Gasteiger partial charge on any atom is 0.0141 e. The van der Waals surface area contributed by atoms with Crippen LogP contribution < -0.4 is 5.32 Å². The first kappa shape index (κ1) is 13.6. The second-order valence-electron chi connectivity index (χ2n) is 5.43. The summed E-state index contributed by atoms with van der Waals surface area (Å²) < 4.78 is 0. The third-order valence-corrected chi connectivity index (χ3v) is 3.56. The van der Waals surface area contributed by atoms with E-state index in [0.717, 1.165) is 18.4 Å². The molecule has 0 radical (unpaired) electrons. The molecule has 1 N–H and O–H groups in total. The molecule has 94 valence electrons. The molecular formula is C14H28N2. The Hall–Kier alpha value is -0.500. The molecule has 1 aliphatic carbocycles. The summed E-state index contributed by atoms with van der Waals surface area (Å²) in [6, 6.07) is 0. The molecule has 0 amide bonds. The molecule has 0 aliphatic heterocycles. The van der Waals surface area contributed by atoms with E-state index < -0.39 is 0 Å². The molecule has 0 aromatic rings. The number of hydrogen-bond acceptors (Lipinski definition) is 2. The van der Waals surface area contributed by atoms with Gasteiger partial charge in [-0.15, -0.1) is 0 Å². The van der Waals surface area contributed by atoms with E-state index in [2.05, 4.69) is 37.8 Å². The second-order valence-corrected chi connectivity index (χ2v) is 5.43. The average Bonchev–Trinajstić information content (AvgIpc) is 2.26. The number of allylic oxidation sites excluding steroid dienone is 1. The molecule has 0 aromatic heterocycles. The number of nitrogens with zero attached hydrogens (tertiary/aromatic N) is 1. The van der Waals surface area contributed by atoms with Crippen molar-refractivity contribution in [1.29, 1.82) is 0 Å². The third kappa shape index (κ3) is 4.56. The summed E-state index contributed by atoms with van der Waals surface area (Å²) in [5.74, 6) is 1.63. The third-order valence-electron chi connectivity index (χ3n) is 3.56. The molecule has 0 spiro atoms. The van der Waals surface area contributed by atoms with E-state index in [1.807, 2.05) is 0 Å². The largest absolute Gasteiger partial charge is 0.389 e. The van der Waals surface area contributed by atoms with Gasteiger partial charge in [0, 0.05) is 18.8 Å². The van der Waals surface area contributed by atoms with Gasteiger partial charge in [0.15, 0.2) is 0 Å². The monoisotopic (exact) mass is 224 g/mol. The van der Waals surface area contributed by atoms with Crippen molar-refractivity contribution >= 4 is 0 Å². The van der Waals surface area contributed by atoms with Gasteiger partial charge in [-0.2, -0.15) is 0 Å². The molecule has 2 heteroatoms. The van der Waals surface area contributed by atoms with Gasteiger partial charge in [0.2, 0.25) is 0 Å². The summed E-state index contributed by atoms with van der Waals surface area (Å²) in [7, 11) is 4.35. The van der Waals surface area contributed by atoms with Crippen LogP contribution in [-0.4, -0.2) is 32.1 Å². The van der Waals surface area contributed by atoms with Crippen molar-refractivity contribution in [2.24, 2.45) is 11.8 Å². The molecule has 1 aliphatic rings. The number of nitrogens with one attached hydrogen (secondary N) is 1. The van der Waals surface area contributed by atoms with Crippen molar-refractivity contribution < 1.29 is 0 Å². The molecule has 1 fully saturated rings. The lowest BCUT2D eigenvalue weighted by atomic mass is 9.80. The molecule has 16 heavy (non-hydrogen) atoms. The smallest absolute Gasteiger partial charge is 0.0141 e. The Morgan fingerprint density at radius 1 is 1.25 bits per heavy atom. The highest BCUT2D eigenvalue weighted by atomic mass is 15.1. The van der Waals surface area contributed by atoms with Crippen LogP contribution in [0.2, 0.25) is 0 Å². The fourth-order valence-electron chi connectivity index (χ4n) is 2.64. The first-order valence-corrected chi connectivity index (χ1v) is 6.70. The molecule has 0 aromatic carbocycles. The van der Waals surface area contributed by atoms with Gasteiger partial charge in [-0.1, -0.05) is 13.5 Å². The lowest BCUT2D eigenvalue weighted by Gasteiger charge is -2.31. The van der Waals surface area contributed by atoms with Crippen LogP contribution in [0.1, 0.15) is 39.0 Å². The molecule has 1 rings (SSSR count). The summed E-state index contributed by atoms with van der Waals surface area (Å²) in [4.78, 5) is 2.31. The minimum absolute atomic E-state index is 0.727. The Labute approximate surface area is 101 Å². The van der Waals surface area contributed by atoms with Crippen LogP contribution in [0.15, 0.2) is 12.3 Å². The number of hydrogen-bond donors (Lipinski definition) is 1. The fraction of sp³-hybridized carbons (Fsp3) is 0.857. The Bertz CT molecular complexity index is 203. The average molecular weight is 224 g/mol. The highest BCUT2D eigenvalue weighted by Gasteiger charge is 2.22. The van der Waals surface area contributed by atoms with Crippen LogP contribution in [0.4, 0.5) is 0 Å². The predicted molar refractivity (Wildman–Crippen MR) is 71.4 cm³/mol. The van der Waals surface area contributed by atoms with E-state index in [1.165, 1.54) is 44.3 Å². The summed E-state index contributed by atoms with van der Waals surface area (Å²) in [5, 5.41) is 3.45. The van der Waals surface area contributed by atoms with E-state index in [0.29, 0.717) is 0 Å². The molecule has 2 nitrogen and oxygen atoms in total. The van der Waals surface area contributed by atoms with Gasteiger partial charge >= 0.3 is 0 Å². The number of rotatable bonds is 6. The van der Waals surface area contributed by atoms with Gasteiger partial charge in [0.05, 0.1) is 0 Å². The fourth-order valence-corrected chi connectivity index (χ4v) is 2.64. The van der Waals surface area contributed by atoms with E-state index >= 15 is 0 Å². The van der Waals surface area contributed by atoms with Gasteiger partial charge in [-0.25, -0.2) is 0 Å². The Balaban J connectivity index is 2.23. The van der Waals surface area contributed by atoms with Crippen molar-refractivity contribution in [1.82, 2.24) is 10.2 Å². The standard InChI is InChI=1S/C14H28N2/c1-5-10-15-12(2)14-8-6-13(7-9-14)11-16(3)4/h13-15H,2,5-11H2,1,3-4H3. The minimum Gasteiger partial charge on any atom is -0.389 e. The van der Waals surface area contributed by atoms with Gasteiger partial charge in [-0.05, 0) is 58.0 Å². The van der Waals surface area contributed by atoms with Gasteiger partial charge in [0.25, 0.3) is 0 Å². The Morgan fingerprint density at radius 3 is 2.38 bits per heavy atom. The zero-order valence-corrected chi connectivity index (χ0v) is 11.3. The molecule has 0 saturated heterocycles. The minimum atomic E-state index is 0.727. The van der Waals surface area contributed by atoms with Crippen molar-refractivity contribution in [3.8, 4) is 0 Å². The lowest BCUT2D eigenvalue weighted by molar-refractivity contribution is 0.234. The van der Waals surface area contributed by atoms with Gasteiger partial charge in [-0.3, -0.25) is 0 Å². The highest BCUT2D eigenvalue weighted by molar-refractivity contribution is 4.99. The topological polar surface area (TPSA) is 15.3 Å². The van der Waals surface area contributed by atoms with Crippen LogP contribution >= 0.6 is 0 Å². The summed E-state index contributed by atoms with van der Waals surface area (Å²) in [5.41, 5.74) is 1.28. The van der Waals surface area contributed by atoms with Crippen LogP contribution in [0, 0.1) is 11.8 Å². The van der Waals surface area contributed by atoms with E-state index in [1.54, 1.807) is 0 Å². The second kappa shape index (κ2) is 6.95. The Morgan fingerprint density at radius 2 is 1.88 bits per heavy atom. The van der Waals surface area contributed by atoms with E-state index in [-0.39, 0.29) is 0 Å². The molecule has 1 saturated carbocycles. The van der Waals surface area contributed by atoms with Crippen molar-refractivity contribution in [2.75, 3.05) is 27.2 Å². The first-order chi connectivity index (χ1) is 7.63. The maximum absolute atomic E-state index is 4.18.